The van der Waals surface area contributed by atoms with Gasteiger partial charge in [0.2, 0.25) is 5.91 Å². The Hall–Kier alpha value is -3.20. The highest BCUT2D eigenvalue weighted by molar-refractivity contribution is 7.99. The smallest absolute Gasteiger partial charge is 0.234 e. The van der Waals surface area contributed by atoms with E-state index in [-0.39, 0.29) is 11.7 Å². The van der Waals surface area contributed by atoms with Crippen molar-refractivity contribution >= 4 is 23.4 Å². The number of hydrogen-bond acceptors (Lipinski definition) is 7. The maximum Gasteiger partial charge on any atom is 0.234 e. The molecule has 0 radical (unpaired) electrons. The lowest BCUT2D eigenvalue weighted by atomic mass is 10.2. The van der Waals surface area contributed by atoms with Crippen molar-refractivity contribution in [2.45, 2.75) is 18.6 Å². The second-order valence-corrected chi connectivity index (χ2v) is 7.16. The van der Waals surface area contributed by atoms with Crippen LogP contribution in [0.1, 0.15) is 6.92 Å². The molecule has 3 aromatic rings. The average molecular weight is 429 g/mol. The fourth-order valence-electron chi connectivity index (χ4n) is 2.83. The van der Waals surface area contributed by atoms with Crippen molar-refractivity contribution in [3.63, 3.8) is 0 Å². The average Bonchev–Trinajstić information content (AvgIpc) is 3.20. The highest BCUT2D eigenvalue weighted by Crippen LogP contribution is 2.31. The zero-order valence-corrected chi connectivity index (χ0v) is 18.2. The first-order valence-electron chi connectivity index (χ1n) is 9.31. The fraction of sp³-hybridized carbons (Fsp3) is 0.286. The molecular weight excluding hydrogens is 404 g/mol. The molecule has 3 rings (SSSR count). The Morgan fingerprint density at radius 1 is 0.967 bits per heavy atom. The van der Waals surface area contributed by atoms with Crippen LogP contribution in [0.15, 0.2) is 47.6 Å². The molecule has 0 fully saturated rings. The zero-order valence-electron chi connectivity index (χ0n) is 17.3. The lowest BCUT2D eigenvalue weighted by molar-refractivity contribution is -0.113. The standard InChI is InChI=1S/C21H24N4O4S/c1-5-25-20(14-10-17(28-3)12-18(11-14)29-4)23-24-21(25)30-13-19(26)22-15-6-8-16(27-2)9-7-15/h6-12H,5,13H2,1-4H3,(H,22,26). The minimum Gasteiger partial charge on any atom is -0.497 e. The van der Waals surface area contributed by atoms with Gasteiger partial charge in [0.05, 0.1) is 27.1 Å². The molecule has 0 saturated carbocycles. The van der Waals surface area contributed by atoms with Gasteiger partial charge in [0.15, 0.2) is 11.0 Å². The summed E-state index contributed by atoms with van der Waals surface area (Å²) in [5, 5.41) is 12.1. The van der Waals surface area contributed by atoms with Crippen LogP contribution in [-0.4, -0.2) is 47.8 Å². The van der Waals surface area contributed by atoms with E-state index in [0.717, 1.165) is 11.3 Å². The third-order valence-electron chi connectivity index (χ3n) is 4.35. The van der Waals surface area contributed by atoms with Crippen molar-refractivity contribution in [2.24, 2.45) is 0 Å². The SMILES string of the molecule is CCn1c(SCC(=O)Nc2ccc(OC)cc2)nnc1-c1cc(OC)cc(OC)c1. The van der Waals surface area contributed by atoms with Gasteiger partial charge < -0.3 is 24.1 Å². The van der Waals surface area contributed by atoms with Gasteiger partial charge in [-0.25, -0.2) is 0 Å². The van der Waals surface area contributed by atoms with Crippen LogP contribution >= 0.6 is 11.8 Å². The first-order chi connectivity index (χ1) is 14.6. The molecule has 0 spiro atoms. The molecule has 1 aromatic heterocycles. The molecule has 158 valence electrons. The number of amides is 1. The van der Waals surface area contributed by atoms with Crippen LogP contribution in [0.3, 0.4) is 0 Å². The second kappa shape index (κ2) is 10.0. The van der Waals surface area contributed by atoms with Crippen molar-refractivity contribution in [3.8, 4) is 28.6 Å². The van der Waals surface area contributed by atoms with E-state index < -0.39 is 0 Å². The Bertz CT molecular complexity index is 982. The van der Waals surface area contributed by atoms with E-state index in [4.69, 9.17) is 14.2 Å². The van der Waals surface area contributed by atoms with Crippen LogP contribution in [0.5, 0.6) is 17.2 Å². The Balaban J connectivity index is 1.72. The van der Waals surface area contributed by atoms with Crippen molar-refractivity contribution in [1.82, 2.24) is 14.8 Å². The molecular formula is C21H24N4O4S. The summed E-state index contributed by atoms with van der Waals surface area (Å²) >= 11 is 1.33. The van der Waals surface area contributed by atoms with Crippen LogP contribution < -0.4 is 19.5 Å². The minimum atomic E-state index is -0.125. The van der Waals surface area contributed by atoms with E-state index in [9.17, 15) is 4.79 Å². The number of hydrogen-bond donors (Lipinski definition) is 1. The van der Waals surface area contributed by atoms with Gasteiger partial charge in [0, 0.05) is 23.9 Å². The van der Waals surface area contributed by atoms with E-state index in [1.54, 1.807) is 51.7 Å². The predicted molar refractivity (Wildman–Crippen MR) is 117 cm³/mol. The highest BCUT2D eigenvalue weighted by atomic mass is 32.2. The Kier molecular flexibility index (Phi) is 7.18. The van der Waals surface area contributed by atoms with Crippen LogP contribution in [0.2, 0.25) is 0 Å². The summed E-state index contributed by atoms with van der Waals surface area (Å²) in [7, 11) is 4.81. The number of methoxy groups -OCH3 is 3. The maximum atomic E-state index is 12.3. The minimum absolute atomic E-state index is 0.125. The third kappa shape index (κ3) is 5.04. The topological polar surface area (TPSA) is 87.5 Å². The van der Waals surface area contributed by atoms with E-state index in [1.165, 1.54) is 11.8 Å². The Morgan fingerprint density at radius 3 is 2.17 bits per heavy atom. The monoisotopic (exact) mass is 428 g/mol. The number of anilines is 1. The van der Waals surface area contributed by atoms with E-state index in [1.807, 2.05) is 23.6 Å². The molecule has 0 unspecified atom stereocenters. The summed E-state index contributed by atoms with van der Waals surface area (Å²) in [6, 6.07) is 12.7. The number of thioether (sulfide) groups is 1. The molecule has 2 aromatic carbocycles. The van der Waals surface area contributed by atoms with Crippen molar-refractivity contribution in [3.05, 3.63) is 42.5 Å². The van der Waals surface area contributed by atoms with Gasteiger partial charge in [-0.2, -0.15) is 0 Å². The first kappa shape index (κ1) is 21.5. The number of benzene rings is 2. The van der Waals surface area contributed by atoms with Crippen LogP contribution in [0, 0.1) is 0 Å². The summed E-state index contributed by atoms with van der Waals surface area (Å²) in [5.74, 6) is 2.85. The molecule has 1 heterocycles. The molecule has 0 aliphatic rings. The molecule has 0 aliphatic heterocycles. The summed E-state index contributed by atoms with van der Waals surface area (Å²) in [6.45, 7) is 2.66. The van der Waals surface area contributed by atoms with Gasteiger partial charge in [-0.3, -0.25) is 4.79 Å². The molecule has 30 heavy (non-hydrogen) atoms. The van der Waals surface area contributed by atoms with Gasteiger partial charge in [-0.15, -0.1) is 10.2 Å². The molecule has 1 N–H and O–H groups in total. The number of ether oxygens (including phenoxy) is 3. The van der Waals surface area contributed by atoms with E-state index >= 15 is 0 Å². The molecule has 0 atom stereocenters. The van der Waals surface area contributed by atoms with Crippen LogP contribution in [-0.2, 0) is 11.3 Å². The largest absolute Gasteiger partial charge is 0.497 e. The number of nitrogens with zero attached hydrogens (tertiary/aromatic N) is 3. The van der Waals surface area contributed by atoms with Gasteiger partial charge in [-0.05, 0) is 43.3 Å². The Morgan fingerprint density at radius 2 is 1.60 bits per heavy atom. The summed E-state index contributed by atoms with van der Waals surface area (Å²) < 4.78 is 17.8. The third-order valence-corrected chi connectivity index (χ3v) is 5.32. The van der Waals surface area contributed by atoms with Gasteiger partial charge in [0.1, 0.15) is 17.2 Å². The predicted octanol–water partition coefficient (Wildman–Crippen LogP) is 3.72. The van der Waals surface area contributed by atoms with E-state index in [2.05, 4.69) is 15.5 Å². The zero-order chi connectivity index (χ0) is 21.5. The van der Waals surface area contributed by atoms with Gasteiger partial charge in [-0.1, -0.05) is 11.8 Å². The molecule has 0 saturated heterocycles. The number of carbonyl (C=O) groups is 1. The lowest BCUT2D eigenvalue weighted by Crippen LogP contribution is -2.14. The van der Waals surface area contributed by atoms with Gasteiger partial charge >= 0.3 is 0 Å². The summed E-state index contributed by atoms with van der Waals surface area (Å²) in [5.41, 5.74) is 1.54. The van der Waals surface area contributed by atoms with Crippen molar-refractivity contribution < 1.29 is 19.0 Å². The number of rotatable bonds is 9. The normalized spacial score (nSPS) is 10.5. The lowest BCUT2D eigenvalue weighted by Gasteiger charge is -2.10. The molecule has 1 amide bonds. The van der Waals surface area contributed by atoms with Crippen molar-refractivity contribution in [1.29, 1.82) is 0 Å². The highest BCUT2D eigenvalue weighted by Gasteiger charge is 2.16. The molecule has 0 bridgehead atoms. The summed E-state index contributed by atoms with van der Waals surface area (Å²) in [6.07, 6.45) is 0. The molecule has 0 aliphatic carbocycles. The first-order valence-corrected chi connectivity index (χ1v) is 10.3. The number of nitrogens with one attached hydrogen (secondary N) is 1. The van der Waals surface area contributed by atoms with Crippen LogP contribution in [0.25, 0.3) is 11.4 Å². The summed E-state index contributed by atoms with van der Waals surface area (Å²) in [4.78, 5) is 12.3. The fourth-order valence-corrected chi connectivity index (χ4v) is 3.63. The maximum absolute atomic E-state index is 12.3. The van der Waals surface area contributed by atoms with Crippen LogP contribution in [0.4, 0.5) is 5.69 Å². The second-order valence-electron chi connectivity index (χ2n) is 6.22. The number of aromatic nitrogens is 3. The number of carbonyl (C=O) groups excluding carboxylic acids is 1. The Labute approximate surface area is 179 Å². The quantitative estimate of drug-likeness (QED) is 0.520. The van der Waals surface area contributed by atoms with Gasteiger partial charge in [0.25, 0.3) is 0 Å². The van der Waals surface area contributed by atoms with E-state index in [0.29, 0.717) is 34.7 Å². The molecule has 8 nitrogen and oxygen atoms in total. The van der Waals surface area contributed by atoms with Crippen molar-refractivity contribution in [2.75, 3.05) is 32.4 Å². The molecule has 9 heteroatoms.